The SMILES string of the molecule is CCn1nnc2cc(C(=O)Nc3c4c(nn3-c3ccccc3)CCC4)ccc21. The van der Waals surface area contributed by atoms with Crippen molar-refractivity contribution >= 4 is 22.8 Å². The number of nitrogens with one attached hydrogen (secondary N) is 1. The molecule has 0 saturated heterocycles. The molecule has 0 unspecified atom stereocenters. The van der Waals surface area contributed by atoms with Crippen LogP contribution in [0.15, 0.2) is 48.5 Å². The molecule has 0 saturated carbocycles. The number of nitrogens with zero attached hydrogens (tertiary/aromatic N) is 5. The van der Waals surface area contributed by atoms with Crippen LogP contribution in [0.5, 0.6) is 0 Å². The molecule has 0 atom stereocenters. The summed E-state index contributed by atoms with van der Waals surface area (Å²) in [7, 11) is 0. The van der Waals surface area contributed by atoms with Crippen LogP contribution in [0, 0.1) is 0 Å². The van der Waals surface area contributed by atoms with Crippen LogP contribution in [-0.2, 0) is 19.4 Å². The van der Waals surface area contributed by atoms with Gasteiger partial charge in [0.25, 0.3) is 5.91 Å². The van der Waals surface area contributed by atoms with Gasteiger partial charge in [-0.1, -0.05) is 23.4 Å². The van der Waals surface area contributed by atoms with Crippen molar-refractivity contribution in [2.24, 2.45) is 0 Å². The first-order valence-corrected chi connectivity index (χ1v) is 9.55. The van der Waals surface area contributed by atoms with E-state index in [4.69, 9.17) is 5.10 Å². The van der Waals surface area contributed by atoms with E-state index in [1.165, 1.54) is 0 Å². The van der Waals surface area contributed by atoms with E-state index < -0.39 is 0 Å². The Labute approximate surface area is 162 Å². The maximum absolute atomic E-state index is 13.0. The third-order valence-corrected chi connectivity index (χ3v) is 5.22. The van der Waals surface area contributed by atoms with Crippen molar-refractivity contribution in [2.75, 3.05) is 5.32 Å². The number of carbonyl (C=O) groups excluding carboxylic acids is 1. The van der Waals surface area contributed by atoms with Gasteiger partial charge >= 0.3 is 0 Å². The minimum atomic E-state index is -0.167. The molecular weight excluding hydrogens is 352 g/mol. The van der Waals surface area contributed by atoms with Gasteiger partial charge in [0.05, 0.1) is 16.9 Å². The standard InChI is InChI=1S/C21H20N6O/c1-2-26-19-12-11-14(13-18(19)23-25-26)21(28)22-20-16-9-6-10-17(16)24-27(20)15-7-4-3-5-8-15/h3-5,7-8,11-13H,2,6,9-10H2,1H3,(H,22,28). The predicted octanol–water partition coefficient (Wildman–Crippen LogP) is 3.38. The van der Waals surface area contributed by atoms with Crippen molar-refractivity contribution in [1.82, 2.24) is 24.8 Å². The number of anilines is 1. The summed E-state index contributed by atoms with van der Waals surface area (Å²) in [5, 5.41) is 16.1. The number of fused-ring (bicyclic) bond motifs is 2. The summed E-state index contributed by atoms with van der Waals surface area (Å²) < 4.78 is 3.65. The largest absolute Gasteiger partial charge is 0.306 e. The van der Waals surface area contributed by atoms with E-state index in [1.54, 1.807) is 6.07 Å². The summed E-state index contributed by atoms with van der Waals surface area (Å²) >= 11 is 0. The highest BCUT2D eigenvalue weighted by Gasteiger charge is 2.24. The van der Waals surface area contributed by atoms with E-state index in [0.29, 0.717) is 5.56 Å². The predicted molar refractivity (Wildman–Crippen MR) is 107 cm³/mol. The van der Waals surface area contributed by atoms with Crippen molar-refractivity contribution < 1.29 is 4.79 Å². The first-order valence-electron chi connectivity index (χ1n) is 9.55. The molecule has 1 N–H and O–H groups in total. The smallest absolute Gasteiger partial charge is 0.256 e. The first-order chi connectivity index (χ1) is 13.7. The molecule has 28 heavy (non-hydrogen) atoms. The van der Waals surface area contributed by atoms with Gasteiger partial charge in [-0.15, -0.1) is 5.10 Å². The monoisotopic (exact) mass is 372 g/mol. The Kier molecular flexibility index (Phi) is 3.93. The van der Waals surface area contributed by atoms with Crippen molar-refractivity contribution in [3.05, 3.63) is 65.4 Å². The van der Waals surface area contributed by atoms with Crippen LogP contribution in [0.1, 0.15) is 35.0 Å². The molecule has 0 bridgehead atoms. The lowest BCUT2D eigenvalue weighted by Gasteiger charge is -2.11. The third kappa shape index (κ3) is 2.67. The minimum absolute atomic E-state index is 0.167. The van der Waals surface area contributed by atoms with E-state index in [1.807, 2.05) is 58.8 Å². The molecule has 0 radical (unpaired) electrons. The Bertz CT molecular complexity index is 1170. The number of rotatable bonds is 4. The quantitative estimate of drug-likeness (QED) is 0.596. The highest BCUT2D eigenvalue weighted by atomic mass is 16.1. The molecule has 140 valence electrons. The maximum Gasteiger partial charge on any atom is 0.256 e. The van der Waals surface area contributed by atoms with Crippen molar-refractivity contribution in [1.29, 1.82) is 0 Å². The van der Waals surface area contributed by atoms with Gasteiger partial charge < -0.3 is 5.32 Å². The molecule has 0 aliphatic heterocycles. The van der Waals surface area contributed by atoms with Crippen molar-refractivity contribution in [3.63, 3.8) is 0 Å². The second kappa shape index (κ2) is 6.60. The van der Waals surface area contributed by atoms with E-state index >= 15 is 0 Å². The average Bonchev–Trinajstić information content (AvgIpc) is 3.43. The first kappa shape index (κ1) is 16.7. The van der Waals surface area contributed by atoms with Gasteiger partial charge in [-0.3, -0.25) is 4.79 Å². The number of aryl methyl sites for hydroxylation is 2. The van der Waals surface area contributed by atoms with E-state index in [2.05, 4.69) is 15.6 Å². The Morgan fingerprint density at radius 2 is 2.00 bits per heavy atom. The summed E-state index contributed by atoms with van der Waals surface area (Å²) in [4.78, 5) is 13.0. The molecule has 7 heteroatoms. The molecule has 2 aromatic heterocycles. The van der Waals surface area contributed by atoms with Crippen LogP contribution in [0.25, 0.3) is 16.7 Å². The summed E-state index contributed by atoms with van der Waals surface area (Å²) in [5.74, 6) is 0.598. The van der Waals surface area contributed by atoms with Gasteiger partial charge in [-0.05, 0) is 56.5 Å². The van der Waals surface area contributed by atoms with E-state index in [-0.39, 0.29) is 5.91 Å². The molecule has 7 nitrogen and oxygen atoms in total. The zero-order valence-corrected chi connectivity index (χ0v) is 15.6. The van der Waals surface area contributed by atoms with Crippen LogP contribution in [0.4, 0.5) is 5.82 Å². The Morgan fingerprint density at radius 1 is 1.14 bits per heavy atom. The number of carbonyl (C=O) groups is 1. The Hall–Kier alpha value is -3.48. The van der Waals surface area contributed by atoms with Crippen LogP contribution in [0.2, 0.25) is 0 Å². The normalized spacial score (nSPS) is 13.0. The second-order valence-electron chi connectivity index (χ2n) is 6.94. The molecule has 2 heterocycles. The summed E-state index contributed by atoms with van der Waals surface area (Å²) in [6, 6.07) is 15.4. The third-order valence-electron chi connectivity index (χ3n) is 5.22. The highest BCUT2D eigenvalue weighted by Crippen LogP contribution is 2.31. The number of hydrogen-bond acceptors (Lipinski definition) is 4. The molecule has 4 aromatic rings. The lowest BCUT2D eigenvalue weighted by molar-refractivity contribution is 0.102. The second-order valence-corrected chi connectivity index (χ2v) is 6.94. The summed E-state index contributed by atoms with van der Waals surface area (Å²) in [6.07, 6.45) is 2.95. The van der Waals surface area contributed by atoms with Crippen LogP contribution >= 0.6 is 0 Å². The lowest BCUT2D eigenvalue weighted by atomic mass is 10.1. The van der Waals surface area contributed by atoms with Crippen LogP contribution < -0.4 is 5.32 Å². The van der Waals surface area contributed by atoms with Gasteiger partial charge in [-0.25, -0.2) is 9.36 Å². The topological polar surface area (TPSA) is 77.6 Å². The van der Waals surface area contributed by atoms with Gasteiger partial charge in [0, 0.05) is 17.7 Å². The fraction of sp³-hybridized carbons (Fsp3) is 0.238. The number of para-hydroxylation sites is 1. The van der Waals surface area contributed by atoms with Crippen LogP contribution in [-0.4, -0.2) is 30.7 Å². The van der Waals surface area contributed by atoms with Crippen LogP contribution in [0.3, 0.4) is 0 Å². The minimum Gasteiger partial charge on any atom is -0.306 e. The zero-order valence-electron chi connectivity index (χ0n) is 15.6. The molecule has 2 aromatic carbocycles. The fourth-order valence-corrected chi connectivity index (χ4v) is 3.80. The van der Waals surface area contributed by atoms with E-state index in [9.17, 15) is 4.79 Å². The van der Waals surface area contributed by atoms with Crippen molar-refractivity contribution in [2.45, 2.75) is 32.7 Å². The maximum atomic E-state index is 13.0. The number of benzene rings is 2. The summed E-state index contributed by atoms with van der Waals surface area (Å²) in [6.45, 7) is 2.75. The lowest BCUT2D eigenvalue weighted by Crippen LogP contribution is -2.16. The molecule has 5 rings (SSSR count). The number of hydrogen-bond donors (Lipinski definition) is 1. The molecule has 1 aliphatic rings. The fourth-order valence-electron chi connectivity index (χ4n) is 3.80. The van der Waals surface area contributed by atoms with Gasteiger partial charge in [0.15, 0.2) is 0 Å². The van der Waals surface area contributed by atoms with E-state index in [0.717, 1.165) is 59.6 Å². The van der Waals surface area contributed by atoms with Gasteiger partial charge in [0.2, 0.25) is 0 Å². The Balaban J connectivity index is 1.51. The molecule has 1 amide bonds. The number of aromatic nitrogens is 5. The highest BCUT2D eigenvalue weighted by molar-refractivity contribution is 6.06. The zero-order chi connectivity index (χ0) is 19.1. The van der Waals surface area contributed by atoms with Crippen molar-refractivity contribution in [3.8, 4) is 5.69 Å². The van der Waals surface area contributed by atoms with Gasteiger partial charge in [0.1, 0.15) is 11.3 Å². The average molecular weight is 372 g/mol. The molecular formula is C21H20N6O. The Morgan fingerprint density at radius 3 is 2.82 bits per heavy atom. The molecule has 0 spiro atoms. The molecule has 1 aliphatic carbocycles. The van der Waals surface area contributed by atoms with Gasteiger partial charge in [-0.2, -0.15) is 5.10 Å². The molecule has 0 fully saturated rings. The number of amides is 1. The summed E-state index contributed by atoms with van der Waals surface area (Å²) in [5.41, 5.74) is 5.35.